The van der Waals surface area contributed by atoms with E-state index >= 15 is 0 Å². The molecule has 0 saturated heterocycles. The highest BCUT2D eigenvalue weighted by Crippen LogP contribution is 2.47. The predicted octanol–water partition coefficient (Wildman–Crippen LogP) is 10.4. The summed E-state index contributed by atoms with van der Waals surface area (Å²) in [6.45, 7) is 9.96. The quantitative estimate of drug-likeness (QED) is 0.166. The van der Waals surface area contributed by atoms with Crippen LogP contribution in [-0.2, 0) is 0 Å². The maximum absolute atomic E-state index is 2.52. The largest absolute Gasteiger partial charge is 0.311 e. The van der Waals surface area contributed by atoms with Crippen LogP contribution in [0.15, 0.2) is 176 Å². The molecule has 0 aromatic heterocycles. The lowest BCUT2D eigenvalue weighted by atomic mass is 10.1. The van der Waals surface area contributed by atoms with Gasteiger partial charge in [0.2, 0.25) is 0 Å². The number of benzene rings is 7. The van der Waals surface area contributed by atoms with E-state index in [1.165, 1.54) is 43.5 Å². The summed E-state index contributed by atoms with van der Waals surface area (Å²) in [7, 11) is -3.92. The topological polar surface area (TPSA) is 9.72 Å². The molecule has 0 unspecified atom stereocenters. The van der Waals surface area contributed by atoms with Gasteiger partial charge in [-0.15, -0.1) is 0 Å². The Balaban J connectivity index is 1.37. The van der Waals surface area contributed by atoms with Crippen molar-refractivity contribution in [3.63, 3.8) is 0 Å². The molecule has 0 bridgehead atoms. The van der Waals surface area contributed by atoms with Gasteiger partial charge in [-0.3, -0.25) is 0 Å². The van der Waals surface area contributed by atoms with Crippen molar-refractivity contribution in [2.24, 2.45) is 0 Å². The van der Waals surface area contributed by atoms with Gasteiger partial charge in [0.25, 0.3) is 0 Å². The summed E-state index contributed by atoms with van der Waals surface area (Å²) in [5.74, 6) is 0. The zero-order valence-corrected chi connectivity index (χ0v) is 31.6. The van der Waals surface area contributed by atoms with E-state index in [0.29, 0.717) is 0 Å². The minimum Gasteiger partial charge on any atom is -0.311 e. The summed E-state index contributed by atoms with van der Waals surface area (Å²) in [5.41, 5.74) is 10.7. The van der Waals surface area contributed by atoms with Gasteiger partial charge >= 0.3 is 0 Å². The lowest BCUT2D eigenvalue weighted by molar-refractivity contribution is 1.22. The van der Waals surface area contributed by atoms with Crippen molar-refractivity contribution in [2.45, 2.75) is 26.2 Å². The Labute approximate surface area is 303 Å². The van der Waals surface area contributed by atoms with Crippen molar-refractivity contribution >= 4 is 88.1 Å². The van der Waals surface area contributed by atoms with Crippen LogP contribution >= 0.6 is 0 Å². The summed E-state index contributed by atoms with van der Waals surface area (Å²) < 4.78 is 0. The minimum atomic E-state index is -1.96. The highest BCUT2D eigenvalue weighted by atomic mass is 28.3. The number of rotatable bonds is 5. The summed E-state index contributed by atoms with van der Waals surface area (Å²) in [4.78, 5) is 7.43. The van der Waals surface area contributed by atoms with E-state index in [1.54, 1.807) is 0 Å². The van der Waals surface area contributed by atoms with E-state index < -0.39 is 16.1 Å². The van der Waals surface area contributed by atoms with Gasteiger partial charge in [-0.25, -0.2) is 0 Å². The fourth-order valence-electron chi connectivity index (χ4n) is 8.46. The van der Waals surface area contributed by atoms with Crippen molar-refractivity contribution in [3.05, 3.63) is 176 Å². The van der Waals surface area contributed by atoms with E-state index in [9.17, 15) is 0 Å². The molecule has 0 spiro atoms. The molecule has 0 N–H and O–H groups in total. The minimum absolute atomic E-state index is 1.11. The molecular weight excluding hydrogens is 651 g/mol. The van der Waals surface area contributed by atoms with Crippen LogP contribution in [-0.4, -0.2) is 16.1 Å². The number of anilines is 9. The normalized spacial score (nSPS) is 14.9. The van der Waals surface area contributed by atoms with Crippen LogP contribution < -0.4 is 35.4 Å². The van der Waals surface area contributed by atoms with Crippen LogP contribution in [0.25, 0.3) is 0 Å². The highest BCUT2D eigenvalue weighted by molar-refractivity contribution is 7.03. The summed E-state index contributed by atoms with van der Waals surface area (Å²) in [6.07, 6.45) is 0. The van der Waals surface area contributed by atoms with Crippen molar-refractivity contribution in [2.75, 3.05) is 14.7 Å². The molecule has 2 aliphatic heterocycles. The Bertz CT molecular complexity index is 2140. The van der Waals surface area contributed by atoms with Gasteiger partial charge in [0.15, 0.2) is 0 Å². The molecule has 9 rings (SSSR count). The standard InChI is InChI=1S/C46H41N3Si2/c1-50(2)43-27-15-11-23-39(43)48(40-24-12-16-28-44(40)50)37-31-36(47(34-19-7-5-8-20-34)35-21-9-6-10-22-35)32-38(33-37)49-41-25-13-17-29-45(41)51(3,4)46-30-18-14-26-42(46)49/h5-33H,1-4H3. The van der Waals surface area contributed by atoms with E-state index in [0.717, 1.165) is 28.4 Å². The van der Waals surface area contributed by atoms with E-state index in [1.807, 2.05) is 0 Å². The first-order valence-electron chi connectivity index (χ1n) is 17.9. The molecule has 0 fully saturated rings. The van der Waals surface area contributed by atoms with Crippen LogP contribution in [0.2, 0.25) is 26.2 Å². The Morgan fingerprint density at radius 1 is 0.333 bits per heavy atom. The van der Waals surface area contributed by atoms with Crippen LogP contribution in [0.3, 0.4) is 0 Å². The second-order valence-electron chi connectivity index (χ2n) is 14.7. The summed E-state index contributed by atoms with van der Waals surface area (Å²) in [5, 5.41) is 5.83. The maximum Gasteiger partial charge on any atom is 0.117 e. The van der Waals surface area contributed by atoms with Gasteiger partial charge in [-0.05, 0) is 87.5 Å². The SMILES string of the molecule is C[Si]1(C)c2ccccc2N(c2cc(N(c3ccccc3)c3ccccc3)cc(N3c4ccccc4[Si](C)(C)c4ccccc43)c2)c2ccccc21. The zero-order valence-electron chi connectivity index (χ0n) is 29.6. The molecule has 0 saturated carbocycles. The molecule has 2 heterocycles. The molecule has 248 valence electrons. The average Bonchev–Trinajstić information content (AvgIpc) is 3.16. The third-order valence-electron chi connectivity index (χ3n) is 11.0. The van der Waals surface area contributed by atoms with Gasteiger partial charge in [0.1, 0.15) is 16.1 Å². The first-order valence-corrected chi connectivity index (χ1v) is 23.9. The van der Waals surface area contributed by atoms with Gasteiger partial charge in [0.05, 0.1) is 17.1 Å². The fraction of sp³-hybridized carbons (Fsp3) is 0.0870. The third kappa shape index (κ3) is 4.99. The molecule has 3 nitrogen and oxygen atoms in total. The molecule has 51 heavy (non-hydrogen) atoms. The molecule has 7 aromatic carbocycles. The fourth-order valence-corrected chi connectivity index (χ4v) is 14.4. The molecular formula is C46H41N3Si2. The number of para-hydroxylation sites is 6. The second kappa shape index (κ2) is 12.0. The molecule has 2 aliphatic rings. The van der Waals surface area contributed by atoms with Gasteiger partial charge in [-0.2, -0.15) is 0 Å². The van der Waals surface area contributed by atoms with Crippen molar-refractivity contribution in [1.82, 2.24) is 0 Å². The van der Waals surface area contributed by atoms with Crippen LogP contribution in [0.5, 0.6) is 0 Å². The van der Waals surface area contributed by atoms with E-state index in [-0.39, 0.29) is 0 Å². The highest BCUT2D eigenvalue weighted by Gasteiger charge is 2.40. The lowest BCUT2D eigenvalue weighted by Crippen LogP contribution is -2.58. The zero-order chi connectivity index (χ0) is 34.7. The Morgan fingerprint density at radius 3 is 0.961 bits per heavy atom. The molecule has 5 heteroatoms. The predicted molar refractivity (Wildman–Crippen MR) is 224 cm³/mol. The monoisotopic (exact) mass is 691 g/mol. The molecule has 0 atom stereocenters. The molecule has 0 radical (unpaired) electrons. The van der Waals surface area contributed by atoms with Crippen molar-refractivity contribution in [3.8, 4) is 0 Å². The number of hydrogen-bond acceptors (Lipinski definition) is 3. The lowest BCUT2D eigenvalue weighted by Gasteiger charge is -2.43. The average molecular weight is 692 g/mol. The van der Waals surface area contributed by atoms with Crippen LogP contribution in [0, 0.1) is 0 Å². The number of hydrogen-bond donors (Lipinski definition) is 0. The summed E-state index contributed by atoms with van der Waals surface area (Å²) >= 11 is 0. The van der Waals surface area contributed by atoms with Crippen molar-refractivity contribution in [1.29, 1.82) is 0 Å². The molecule has 0 aliphatic carbocycles. The smallest absolute Gasteiger partial charge is 0.117 e. The molecule has 0 amide bonds. The van der Waals surface area contributed by atoms with Gasteiger partial charge in [-0.1, -0.05) is 135 Å². The Hall–Kier alpha value is -5.63. The van der Waals surface area contributed by atoms with Gasteiger partial charge in [0, 0.05) is 34.1 Å². The Kier molecular flexibility index (Phi) is 7.39. The maximum atomic E-state index is 2.52. The van der Waals surface area contributed by atoms with Gasteiger partial charge < -0.3 is 14.7 Å². The van der Waals surface area contributed by atoms with E-state index in [4.69, 9.17) is 0 Å². The van der Waals surface area contributed by atoms with Crippen molar-refractivity contribution < 1.29 is 0 Å². The van der Waals surface area contributed by atoms with E-state index in [2.05, 4.69) is 217 Å². The van der Waals surface area contributed by atoms with Crippen LogP contribution in [0.1, 0.15) is 0 Å². The number of fused-ring (bicyclic) bond motifs is 4. The first-order chi connectivity index (χ1) is 24.8. The molecule has 7 aromatic rings. The third-order valence-corrected chi connectivity index (χ3v) is 18.0. The first kappa shape index (κ1) is 31.4. The Morgan fingerprint density at radius 2 is 0.627 bits per heavy atom. The van der Waals surface area contributed by atoms with Crippen LogP contribution in [0.4, 0.5) is 51.2 Å². The second-order valence-corrected chi connectivity index (χ2v) is 23.4. The number of nitrogens with zero attached hydrogens (tertiary/aromatic N) is 3. The summed E-state index contributed by atoms with van der Waals surface area (Å²) in [6, 6.07) is 65.0.